The van der Waals surface area contributed by atoms with Crippen molar-refractivity contribution >= 4 is 17.5 Å². The lowest BCUT2D eigenvalue weighted by atomic mass is 9.90. The van der Waals surface area contributed by atoms with E-state index in [9.17, 15) is 9.90 Å². The molecule has 2 aromatic rings. The first kappa shape index (κ1) is 25.3. The summed E-state index contributed by atoms with van der Waals surface area (Å²) in [7, 11) is 0. The Morgan fingerprint density at radius 3 is 2.52 bits per heavy atom. The SMILES string of the molecule is CC(C)Oc1ccc(C(=O)NN(CCO)Cc2ccc(OCC3CCCCC3)cc2)cc1Cl. The van der Waals surface area contributed by atoms with Gasteiger partial charge in [-0.1, -0.05) is 43.0 Å². The Kier molecular flexibility index (Phi) is 9.85. The summed E-state index contributed by atoms with van der Waals surface area (Å²) in [5.74, 6) is 1.77. The number of carbonyl (C=O) groups excluding carboxylic acids is 1. The molecule has 1 aliphatic carbocycles. The maximum absolute atomic E-state index is 12.7. The summed E-state index contributed by atoms with van der Waals surface area (Å²) < 4.78 is 11.6. The predicted octanol–water partition coefficient (Wildman–Crippen LogP) is 5.23. The number of nitrogens with zero attached hydrogens (tertiary/aromatic N) is 1. The van der Waals surface area contributed by atoms with Crippen molar-refractivity contribution in [3.63, 3.8) is 0 Å². The van der Waals surface area contributed by atoms with Crippen LogP contribution in [0.25, 0.3) is 0 Å². The third-order valence-corrected chi connectivity index (χ3v) is 5.99. The van der Waals surface area contributed by atoms with Crippen LogP contribution in [0.2, 0.25) is 5.02 Å². The standard InChI is InChI=1S/C26H35ClN2O4/c1-19(2)33-25-13-10-22(16-24(25)27)26(31)28-29(14-15-30)17-20-8-11-23(12-9-20)32-18-21-6-4-3-5-7-21/h8-13,16,19,21,30H,3-7,14-15,17-18H2,1-2H3,(H,28,31). The summed E-state index contributed by atoms with van der Waals surface area (Å²) in [6, 6.07) is 12.9. The van der Waals surface area contributed by atoms with E-state index in [1.165, 1.54) is 32.1 Å². The van der Waals surface area contributed by atoms with E-state index < -0.39 is 0 Å². The zero-order chi connectivity index (χ0) is 23.6. The molecule has 180 valence electrons. The summed E-state index contributed by atoms with van der Waals surface area (Å²) in [4.78, 5) is 12.7. The first-order chi connectivity index (χ1) is 15.9. The first-order valence-electron chi connectivity index (χ1n) is 11.8. The molecule has 1 saturated carbocycles. The van der Waals surface area contributed by atoms with Crippen molar-refractivity contribution in [2.24, 2.45) is 5.92 Å². The fourth-order valence-electron chi connectivity index (χ4n) is 3.97. The molecule has 2 N–H and O–H groups in total. The first-order valence-corrected chi connectivity index (χ1v) is 12.2. The van der Waals surface area contributed by atoms with Crippen molar-refractivity contribution in [1.29, 1.82) is 0 Å². The minimum absolute atomic E-state index is 0.00808. The zero-order valence-electron chi connectivity index (χ0n) is 19.6. The predicted molar refractivity (Wildman–Crippen MR) is 131 cm³/mol. The van der Waals surface area contributed by atoms with Gasteiger partial charge in [-0.3, -0.25) is 10.2 Å². The highest BCUT2D eigenvalue weighted by Crippen LogP contribution is 2.27. The van der Waals surface area contributed by atoms with E-state index in [1.807, 2.05) is 38.1 Å². The van der Waals surface area contributed by atoms with E-state index in [0.717, 1.165) is 17.9 Å². The molecule has 1 fully saturated rings. The highest BCUT2D eigenvalue weighted by molar-refractivity contribution is 6.32. The number of hydrogen-bond acceptors (Lipinski definition) is 5. The number of benzene rings is 2. The van der Waals surface area contributed by atoms with Gasteiger partial charge >= 0.3 is 0 Å². The summed E-state index contributed by atoms with van der Waals surface area (Å²) in [6.45, 7) is 5.28. The number of hydrazine groups is 1. The van der Waals surface area contributed by atoms with Crippen molar-refractivity contribution in [3.05, 3.63) is 58.6 Å². The second kappa shape index (κ2) is 12.8. The fraction of sp³-hybridized carbons (Fsp3) is 0.500. The van der Waals surface area contributed by atoms with Crippen LogP contribution < -0.4 is 14.9 Å². The number of aliphatic hydroxyl groups is 1. The van der Waals surface area contributed by atoms with Gasteiger partial charge in [0.15, 0.2) is 0 Å². The van der Waals surface area contributed by atoms with E-state index in [1.54, 1.807) is 23.2 Å². The number of nitrogens with one attached hydrogen (secondary N) is 1. The van der Waals surface area contributed by atoms with Gasteiger partial charge in [-0.05, 0) is 68.5 Å². The van der Waals surface area contributed by atoms with E-state index in [0.29, 0.717) is 35.3 Å². The maximum Gasteiger partial charge on any atom is 0.265 e. The third kappa shape index (κ3) is 8.22. The summed E-state index contributed by atoms with van der Waals surface area (Å²) in [5, 5.41) is 11.5. The van der Waals surface area contributed by atoms with Crippen LogP contribution in [0.1, 0.15) is 61.9 Å². The Morgan fingerprint density at radius 2 is 1.88 bits per heavy atom. The van der Waals surface area contributed by atoms with E-state index in [2.05, 4.69) is 5.43 Å². The number of ether oxygens (including phenoxy) is 2. The molecule has 7 heteroatoms. The number of hydrogen-bond donors (Lipinski definition) is 2. The Bertz CT molecular complexity index is 882. The normalized spacial score (nSPS) is 14.5. The molecule has 1 aliphatic rings. The van der Waals surface area contributed by atoms with Crippen LogP contribution in [0.3, 0.4) is 0 Å². The molecule has 3 rings (SSSR count). The largest absolute Gasteiger partial charge is 0.493 e. The molecule has 0 atom stereocenters. The second-order valence-corrected chi connectivity index (χ2v) is 9.26. The number of aliphatic hydroxyl groups excluding tert-OH is 1. The number of amides is 1. The Balaban J connectivity index is 1.55. The number of carbonyl (C=O) groups is 1. The van der Waals surface area contributed by atoms with Crippen LogP contribution in [0, 0.1) is 5.92 Å². The van der Waals surface area contributed by atoms with Crippen LogP contribution in [0.5, 0.6) is 11.5 Å². The molecule has 2 aromatic carbocycles. The minimum atomic E-state index is -0.297. The average molecular weight is 475 g/mol. The van der Waals surface area contributed by atoms with Crippen molar-refractivity contribution in [1.82, 2.24) is 10.4 Å². The Labute approximate surface area is 201 Å². The number of halogens is 1. The lowest BCUT2D eigenvalue weighted by molar-refractivity contribution is 0.0732. The Hall–Kier alpha value is -2.28. The molecule has 0 spiro atoms. The summed E-state index contributed by atoms with van der Waals surface area (Å²) in [6.07, 6.45) is 6.46. The molecule has 0 heterocycles. The van der Waals surface area contributed by atoms with Crippen LogP contribution in [0.4, 0.5) is 0 Å². The molecule has 6 nitrogen and oxygen atoms in total. The van der Waals surface area contributed by atoms with Gasteiger partial charge in [0.1, 0.15) is 11.5 Å². The smallest absolute Gasteiger partial charge is 0.265 e. The van der Waals surface area contributed by atoms with Gasteiger partial charge in [0, 0.05) is 18.7 Å². The molecule has 1 amide bonds. The van der Waals surface area contributed by atoms with Gasteiger partial charge < -0.3 is 14.6 Å². The van der Waals surface area contributed by atoms with Crippen LogP contribution in [-0.2, 0) is 6.54 Å². The highest BCUT2D eigenvalue weighted by atomic mass is 35.5. The van der Waals surface area contributed by atoms with Crippen molar-refractivity contribution < 1.29 is 19.4 Å². The molecular weight excluding hydrogens is 440 g/mol. The summed E-state index contributed by atoms with van der Waals surface area (Å²) in [5.41, 5.74) is 4.29. The van der Waals surface area contributed by atoms with Crippen molar-refractivity contribution in [3.8, 4) is 11.5 Å². The lowest BCUT2D eigenvalue weighted by Gasteiger charge is -2.23. The number of rotatable bonds is 11. The van der Waals surface area contributed by atoms with E-state index in [-0.39, 0.29) is 18.6 Å². The Morgan fingerprint density at radius 1 is 1.15 bits per heavy atom. The van der Waals surface area contributed by atoms with E-state index in [4.69, 9.17) is 21.1 Å². The van der Waals surface area contributed by atoms with Gasteiger partial charge in [0.2, 0.25) is 0 Å². The van der Waals surface area contributed by atoms with Gasteiger partial charge in [0.05, 0.1) is 24.3 Å². The molecule has 0 bridgehead atoms. The molecular formula is C26H35ClN2O4. The van der Waals surface area contributed by atoms with Gasteiger partial charge in [0.25, 0.3) is 5.91 Å². The van der Waals surface area contributed by atoms with Crippen LogP contribution in [-0.4, -0.2) is 41.9 Å². The monoisotopic (exact) mass is 474 g/mol. The molecule has 0 aliphatic heterocycles. The summed E-state index contributed by atoms with van der Waals surface area (Å²) >= 11 is 6.26. The van der Waals surface area contributed by atoms with Gasteiger partial charge in [-0.15, -0.1) is 0 Å². The quantitative estimate of drug-likeness (QED) is 0.436. The highest BCUT2D eigenvalue weighted by Gasteiger charge is 2.16. The van der Waals surface area contributed by atoms with Crippen molar-refractivity contribution in [2.75, 3.05) is 19.8 Å². The third-order valence-electron chi connectivity index (χ3n) is 5.69. The topological polar surface area (TPSA) is 71.0 Å². The lowest BCUT2D eigenvalue weighted by Crippen LogP contribution is -2.43. The van der Waals surface area contributed by atoms with Crippen LogP contribution >= 0.6 is 11.6 Å². The van der Waals surface area contributed by atoms with Gasteiger partial charge in [-0.2, -0.15) is 0 Å². The molecule has 0 unspecified atom stereocenters. The molecule has 0 saturated heterocycles. The van der Waals surface area contributed by atoms with Crippen LogP contribution in [0.15, 0.2) is 42.5 Å². The maximum atomic E-state index is 12.7. The fourth-order valence-corrected chi connectivity index (χ4v) is 4.20. The average Bonchev–Trinajstić information content (AvgIpc) is 2.80. The van der Waals surface area contributed by atoms with Crippen molar-refractivity contribution in [2.45, 2.75) is 58.6 Å². The molecule has 33 heavy (non-hydrogen) atoms. The zero-order valence-corrected chi connectivity index (χ0v) is 20.3. The van der Waals surface area contributed by atoms with Gasteiger partial charge in [-0.25, -0.2) is 5.01 Å². The second-order valence-electron chi connectivity index (χ2n) is 8.86. The van der Waals surface area contributed by atoms with E-state index >= 15 is 0 Å². The molecule has 0 aromatic heterocycles. The minimum Gasteiger partial charge on any atom is -0.493 e. The molecule has 0 radical (unpaired) electrons.